The van der Waals surface area contributed by atoms with Gasteiger partial charge in [0.05, 0.1) is 35.9 Å². The van der Waals surface area contributed by atoms with Crippen LogP contribution in [0.3, 0.4) is 0 Å². The smallest absolute Gasteiger partial charge is 0.351 e. The highest BCUT2D eigenvalue weighted by Crippen LogP contribution is 2.41. The molecule has 0 radical (unpaired) electrons. The maximum absolute atomic E-state index is 14.6. The Bertz CT molecular complexity index is 1220. The Balaban J connectivity index is 1.55. The van der Waals surface area contributed by atoms with Gasteiger partial charge in [0.2, 0.25) is 16.0 Å². The van der Waals surface area contributed by atoms with Gasteiger partial charge in [-0.05, 0) is 25.8 Å². The lowest BCUT2D eigenvalue weighted by Crippen LogP contribution is -2.42. The third-order valence-corrected chi connectivity index (χ3v) is 8.32. The summed E-state index contributed by atoms with van der Waals surface area (Å²) in [6.45, 7) is 1.71. The third-order valence-electron chi connectivity index (χ3n) is 5.97. The molecule has 2 aliphatic heterocycles. The van der Waals surface area contributed by atoms with Gasteiger partial charge in [0.15, 0.2) is 11.5 Å². The lowest BCUT2D eigenvalue weighted by Gasteiger charge is -2.30. The van der Waals surface area contributed by atoms with E-state index in [1.807, 2.05) is 4.90 Å². The van der Waals surface area contributed by atoms with Gasteiger partial charge in [-0.15, -0.1) is 11.3 Å². The minimum atomic E-state index is -4.81. The molecule has 15 heteroatoms. The number of sulfonamides is 1. The van der Waals surface area contributed by atoms with Crippen molar-refractivity contribution in [2.45, 2.75) is 38.0 Å². The standard InChI is InChI=1S/C20H23F4N7O2S2/c1-35(32,33)31-6-3-13(4-7-31)27-19-26-9-14(21)16(29-19)17-18(20(22,23)24)28-15(34-17)11-30-5-2-12(8-25)10-30/h9,12-13H,2-7,10-11H2,1H3,(H,26,27,29). The predicted molar refractivity (Wildman–Crippen MR) is 120 cm³/mol. The highest BCUT2D eigenvalue weighted by Gasteiger charge is 2.39. The molecule has 2 aliphatic rings. The van der Waals surface area contributed by atoms with E-state index in [-0.39, 0.29) is 42.5 Å². The van der Waals surface area contributed by atoms with Crippen molar-refractivity contribution in [1.29, 1.82) is 5.26 Å². The largest absolute Gasteiger partial charge is 0.434 e. The molecular weight excluding hydrogens is 510 g/mol. The van der Waals surface area contributed by atoms with E-state index >= 15 is 0 Å². The lowest BCUT2D eigenvalue weighted by molar-refractivity contribution is -0.140. The van der Waals surface area contributed by atoms with E-state index in [4.69, 9.17) is 5.26 Å². The summed E-state index contributed by atoms with van der Waals surface area (Å²) in [6.07, 6.45) is -1.34. The summed E-state index contributed by atoms with van der Waals surface area (Å²) in [5.41, 5.74) is -1.71. The lowest BCUT2D eigenvalue weighted by atomic mass is 10.1. The Morgan fingerprint density at radius 2 is 1.94 bits per heavy atom. The van der Waals surface area contributed by atoms with Crippen LogP contribution < -0.4 is 5.32 Å². The maximum atomic E-state index is 14.6. The molecule has 0 bridgehead atoms. The number of halogens is 4. The molecule has 1 unspecified atom stereocenters. The fourth-order valence-electron chi connectivity index (χ4n) is 4.17. The van der Waals surface area contributed by atoms with Crippen molar-refractivity contribution in [3.05, 3.63) is 22.7 Å². The molecule has 4 heterocycles. The molecule has 1 atom stereocenters. The zero-order chi connectivity index (χ0) is 25.4. The number of hydrogen-bond acceptors (Lipinski definition) is 9. The number of nitriles is 1. The Morgan fingerprint density at radius 1 is 1.23 bits per heavy atom. The van der Waals surface area contributed by atoms with Gasteiger partial charge in [0.1, 0.15) is 10.7 Å². The van der Waals surface area contributed by atoms with Gasteiger partial charge in [0, 0.05) is 25.7 Å². The van der Waals surface area contributed by atoms with Gasteiger partial charge in [-0.25, -0.2) is 32.1 Å². The quantitative estimate of drug-likeness (QED) is 0.564. The summed E-state index contributed by atoms with van der Waals surface area (Å²) < 4.78 is 80.6. The maximum Gasteiger partial charge on any atom is 0.434 e. The normalized spacial score (nSPS) is 20.7. The Hall–Kier alpha value is -2.41. The molecular formula is C20H23F4N7O2S2. The first-order valence-electron chi connectivity index (χ1n) is 10.9. The van der Waals surface area contributed by atoms with Gasteiger partial charge in [0.25, 0.3) is 0 Å². The summed E-state index contributed by atoms with van der Waals surface area (Å²) in [6, 6.07) is 1.94. The molecule has 9 nitrogen and oxygen atoms in total. The molecule has 2 fully saturated rings. The first kappa shape index (κ1) is 25.7. The van der Waals surface area contributed by atoms with E-state index in [1.54, 1.807) is 0 Å². The highest BCUT2D eigenvalue weighted by molar-refractivity contribution is 7.88. The zero-order valence-electron chi connectivity index (χ0n) is 18.7. The summed E-state index contributed by atoms with van der Waals surface area (Å²) in [5, 5.41) is 12.2. The molecule has 0 aliphatic carbocycles. The van der Waals surface area contributed by atoms with Crippen molar-refractivity contribution in [2.24, 2.45) is 5.92 Å². The number of likely N-dealkylation sites (tertiary alicyclic amines) is 1. The molecule has 0 spiro atoms. The average Bonchev–Trinajstić information content (AvgIpc) is 3.42. The van der Waals surface area contributed by atoms with Crippen LogP contribution in [-0.4, -0.2) is 71.1 Å². The molecule has 1 N–H and O–H groups in total. The number of anilines is 1. The molecule has 190 valence electrons. The van der Waals surface area contributed by atoms with Gasteiger partial charge >= 0.3 is 6.18 Å². The van der Waals surface area contributed by atoms with E-state index in [2.05, 4.69) is 26.3 Å². The molecule has 2 aromatic heterocycles. The number of thiazole rings is 1. The number of alkyl halides is 3. The number of rotatable bonds is 6. The molecule has 35 heavy (non-hydrogen) atoms. The summed E-state index contributed by atoms with van der Waals surface area (Å²) in [5.74, 6) is -1.22. The van der Waals surface area contributed by atoms with Crippen LogP contribution in [0.1, 0.15) is 30.0 Å². The van der Waals surface area contributed by atoms with Crippen molar-refractivity contribution in [1.82, 2.24) is 24.2 Å². The molecule has 2 saturated heterocycles. The van der Waals surface area contributed by atoms with Crippen LogP contribution in [0.25, 0.3) is 10.6 Å². The fourth-order valence-corrected chi connectivity index (χ4v) is 6.16. The first-order chi connectivity index (χ1) is 16.4. The molecule has 0 amide bonds. The Kier molecular flexibility index (Phi) is 7.28. The molecule has 4 rings (SSSR count). The second-order valence-corrected chi connectivity index (χ2v) is 11.7. The van der Waals surface area contributed by atoms with E-state index in [0.29, 0.717) is 32.4 Å². The number of aromatic nitrogens is 3. The Morgan fingerprint density at radius 3 is 2.54 bits per heavy atom. The van der Waals surface area contributed by atoms with E-state index in [9.17, 15) is 26.0 Å². The van der Waals surface area contributed by atoms with Gasteiger partial charge in [-0.3, -0.25) is 4.90 Å². The topological polar surface area (TPSA) is 115 Å². The predicted octanol–water partition coefficient (Wildman–Crippen LogP) is 2.94. The summed E-state index contributed by atoms with van der Waals surface area (Å²) >= 11 is 0.720. The van der Waals surface area contributed by atoms with Crippen molar-refractivity contribution in [3.63, 3.8) is 0 Å². The molecule has 0 aromatic carbocycles. The average molecular weight is 534 g/mol. The van der Waals surface area contributed by atoms with E-state index < -0.39 is 38.3 Å². The van der Waals surface area contributed by atoms with Crippen LogP contribution in [0, 0.1) is 23.1 Å². The second-order valence-electron chi connectivity index (χ2n) is 8.60. The van der Waals surface area contributed by atoms with Crippen LogP contribution in [0.5, 0.6) is 0 Å². The summed E-state index contributed by atoms with van der Waals surface area (Å²) in [4.78, 5) is 13.1. The van der Waals surface area contributed by atoms with Crippen LogP contribution in [0.15, 0.2) is 6.20 Å². The van der Waals surface area contributed by atoms with Gasteiger partial charge in [-0.1, -0.05) is 0 Å². The summed E-state index contributed by atoms with van der Waals surface area (Å²) in [7, 11) is -3.31. The van der Waals surface area contributed by atoms with Crippen LogP contribution >= 0.6 is 11.3 Å². The van der Waals surface area contributed by atoms with E-state index in [0.717, 1.165) is 23.8 Å². The number of hydrogen-bond donors (Lipinski definition) is 1. The van der Waals surface area contributed by atoms with Crippen molar-refractivity contribution in [2.75, 3.05) is 37.8 Å². The van der Waals surface area contributed by atoms with Crippen LogP contribution in [-0.2, 0) is 22.7 Å². The Labute approximate surface area is 203 Å². The monoisotopic (exact) mass is 533 g/mol. The number of nitrogens with zero attached hydrogens (tertiary/aromatic N) is 6. The first-order valence-corrected chi connectivity index (χ1v) is 13.5. The van der Waals surface area contributed by atoms with Gasteiger partial charge < -0.3 is 5.32 Å². The fraction of sp³-hybridized carbons (Fsp3) is 0.600. The minimum absolute atomic E-state index is 0.0429. The van der Waals surface area contributed by atoms with Crippen molar-refractivity contribution in [3.8, 4) is 16.6 Å². The second kappa shape index (κ2) is 9.92. The minimum Gasteiger partial charge on any atom is -0.351 e. The van der Waals surface area contributed by atoms with Gasteiger partial charge in [-0.2, -0.15) is 18.4 Å². The SMILES string of the molecule is CS(=O)(=O)N1CCC(Nc2ncc(F)c(-c3sc(CN4CCC(C#N)C4)nc3C(F)(F)F)n2)CC1. The van der Waals surface area contributed by atoms with Crippen LogP contribution in [0.4, 0.5) is 23.5 Å². The molecule has 2 aromatic rings. The molecule has 0 saturated carbocycles. The number of piperidine rings is 1. The van der Waals surface area contributed by atoms with Crippen molar-refractivity contribution >= 4 is 27.3 Å². The third kappa shape index (κ3) is 6.05. The van der Waals surface area contributed by atoms with Crippen molar-refractivity contribution < 1.29 is 26.0 Å². The number of nitrogens with one attached hydrogen (secondary N) is 1. The highest BCUT2D eigenvalue weighted by atomic mass is 32.2. The van der Waals surface area contributed by atoms with E-state index in [1.165, 1.54) is 4.31 Å². The zero-order valence-corrected chi connectivity index (χ0v) is 20.4. The van der Waals surface area contributed by atoms with Crippen LogP contribution in [0.2, 0.25) is 0 Å².